The summed E-state index contributed by atoms with van der Waals surface area (Å²) in [5, 5.41) is 2.86. The monoisotopic (exact) mass is 236 g/mol. The van der Waals surface area contributed by atoms with Gasteiger partial charge in [-0.25, -0.2) is 0 Å². The van der Waals surface area contributed by atoms with E-state index in [-0.39, 0.29) is 5.91 Å². The standard InChI is InChI=1S/C12H20N4O/c1-3-16(2)9-8-14-12(17)10-6-4-5-7-11(10)15-13/h4-7,15H,3,8-9,13H2,1-2H3,(H,14,17). The third kappa shape index (κ3) is 4.05. The summed E-state index contributed by atoms with van der Waals surface area (Å²) in [4.78, 5) is 14.0. The van der Waals surface area contributed by atoms with Crippen LogP contribution in [0.1, 0.15) is 17.3 Å². The van der Waals surface area contributed by atoms with Crippen molar-refractivity contribution in [2.75, 3.05) is 32.1 Å². The molecule has 0 saturated heterocycles. The van der Waals surface area contributed by atoms with E-state index < -0.39 is 0 Å². The molecule has 1 rings (SSSR count). The fourth-order valence-corrected chi connectivity index (χ4v) is 1.42. The second-order valence-corrected chi connectivity index (χ2v) is 3.84. The molecule has 17 heavy (non-hydrogen) atoms. The Hall–Kier alpha value is -1.59. The Labute approximate surface area is 102 Å². The number of carbonyl (C=O) groups is 1. The van der Waals surface area contributed by atoms with E-state index in [1.807, 2.05) is 19.2 Å². The lowest BCUT2D eigenvalue weighted by atomic mass is 10.1. The molecule has 0 bridgehead atoms. The largest absolute Gasteiger partial charge is 0.351 e. The summed E-state index contributed by atoms with van der Waals surface area (Å²) in [6.07, 6.45) is 0. The van der Waals surface area contributed by atoms with Gasteiger partial charge in [0.1, 0.15) is 0 Å². The van der Waals surface area contributed by atoms with Crippen LogP contribution in [-0.2, 0) is 0 Å². The molecular formula is C12H20N4O. The topological polar surface area (TPSA) is 70.4 Å². The van der Waals surface area contributed by atoms with Crippen LogP contribution in [0.15, 0.2) is 24.3 Å². The maximum atomic E-state index is 11.9. The van der Waals surface area contributed by atoms with Crippen LogP contribution in [0.4, 0.5) is 5.69 Å². The highest BCUT2D eigenvalue weighted by atomic mass is 16.1. The van der Waals surface area contributed by atoms with Crippen molar-refractivity contribution in [3.8, 4) is 0 Å². The lowest BCUT2D eigenvalue weighted by molar-refractivity contribution is 0.0951. The number of nitrogens with one attached hydrogen (secondary N) is 2. The predicted octanol–water partition coefficient (Wildman–Crippen LogP) is 0.654. The van der Waals surface area contributed by atoms with Crippen molar-refractivity contribution in [2.24, 2.45) is 5.84 Å². The van der Waals surface area contributed by atoms with E-state index >= 15 is 0 Å². The van der Waals surface area contributed by atoms with Gasteiger partial charge in [-0.15, -0.1) is 0 Å². The lowest BCUT2D eigenvalue weighted by Crippen LogP contribution is -2.33. The summed E-state index contributed by atoms with van der Waals surface area (Å²) in [7, 11) is 2.02. The highest BCUT2D eigenvalue weighted by Gasteiger charge is 2.09. The van der Waals surface area contributed by atoms with Crippen molar-refractivity contribution in [3.05, 3.63) is 29.8 Å². The number of nitrogens with two attached hydrogens (primary N) is 1. The van der Waals surface area contributed by atoms with Crippen LogP contribution in [0.5, 0.6) is 0 Å². The Morgan fingerprint density at radius 2 is 2.12 bits per heavy atom. The number of amides is 1. The van der Waals surface area contributed by atoms with Gasteiger partial charge in [0.05, 0.1) is 11.3 Å². The Bertz CT molecular complexity index is 367. The molecular weight excluding hydrogens is 216 g/mol. The first kappa shape index (κ1) is 13.5. The number of nitrogen functional groups attached to an aromatic ring is 1. The van der Waals surface area contributed by atoms with E-state index in [0.29, 0.717) is 17.8 Å². The van der Waals surface area contributed by atoms with Gasteiger partial charge < -0.3 is 15.6 Å². The second-order valence-electron chi connectivity index (χ2n) is 3.84. The first-order chi connectivity index (χ1) is 8.19. The highest BCUT2D eigenvalue weighted by Crippen LogP contribution is 2.12. The van der Waals surface area contributed by atoms with E-state index in [0.717, 1.165) is 13.1 Å². The molecule has 5 heteroatoms. The normalized spacial score (nSPS) is 10.4. The predicted molar refractivity (Wildman–Crippen MR) is 69.8 cm³/mol. The molecule has 0 aromatic heterocycles. The zero-order chi connectivity index (χ0) is 12.7. The van der Waals surface area contributed by atoms with Crippen molar-refractivity contribution in [1.82, 2.24) is 10.2 Å². The van der Waals surface area contributed by atoms with E-state index in [2.05, 4.69) is 22.6 Å². The number of hydrogen-bond donors (Lipinski definition) is 3. The smallest absolute Gasteiger partial charge is 0.253 e. The lowest BCUT2D eigenvalue weighted by Gasteiger charge is -2.14. The molecule has 0 aliphatic rings. The molecule has 0 fully saturated rings. The molecule has 0 radical (unpaired) electrons. The Morgan fingerprint density at radius 1 is 1.41 bits per heavy atom. The third-order valence-electron chi connectivity index (χ3n) is 2.65. The molecule has 0 aliphatic carbocycles. The number of anilines is 1. The van der Waals surface area contributed by atoms with Crippen LogP contribution in [0.2, 0.25) is 0 Å². The average molecular weight is 236 g/mol. The average Bonchev–Trinajstić information content (AvgIpc) is 2.38. The fraction of sp³-hybridized carbons (Fsp3) is 0.417. The van der Waals surface area contributed by atoms with Crippen LogP contribution in [-0.4, -0.2) is 37.5 Å². The summed E-state index contributed by atoms with van der Waals surface area (Å²) in [5.74, 6) is 5.24. The van der Waals surface area contributed by atoms with Gasteiger partial charge in [0, 0.05) is 13.1 Å². The zero-order valence-electron chi connectivity index (χ0n) is 10.4. The number of nitrogens with zero attached hydrogens (tertiary/aromatic N) is 1. The number of rotatable bonds is 6. The maximum absolute atomic E-state index is 11.9. The van der Waals surface area contributed by atoms with Gasteiger partial charge >= 0.3 is 0 Å². The molecule has 94 valence electrons. The quantitative estimate of drug-likeness (QED) is 0.501. The summed E-state index contributed by atoms with van der Waals surface area (Å²) in [6, 6.07) is 7.16. The first-order valence-electron chi connectivity index (χ1n) is 5.71. The molecule has 1 aromatic carbocycles. The van der Waals surface area contributed by atoms with Crippen molar-refractivity contribution >= 4 is 11.6 Å². The van der Waals surface area contributed by atoms with Crippen molar-refractivity contribution in [1.29, 1.82) is 0 Å². The van der Waals surface area contributed by atoms with Crippen LogP contribution in [0.3, 0.4) is 0 Å². The molecule has 1 amide bonds. The van der Waals surface area contributed by atoms with E-state index in [4.69, 9.17) is 5.84 Å². The van der Waals surface area contributed by atoms with E-state index in [1.165, 1.54) is 0 Å². The second kappa shape index (κ2) is 6.88. The van der Waals surface area contributed by atoms with Gasteiger partial charge in [-0.05, 0) is 25.7 Å². The summed E-state index contributed by atoms with van der Waals surface area (Å²) in [6.45, 7) is 4.51. The first-order valence-corrected chi connectivity index (χ1v) is 5.71. The van der Waals surface area contributed by atoms with Gasteiger partial charge in [0.2, 0.25) is 0 Å². The highest BCUT2D eigenvalue weighted by molar-refractivity contribution is 5.99. The minimum Gasteiger partial charge on any atom is -0.351 e. The van der Waals surface area contributed by atoms with Gasteiger partial charge in [-0.3, -0.25) is 10.6 Å². The third-order valence-corrected chi connectivity index (χ3v) is 2.65. The number of benzene rings is 1. The van der Waals surface area contributed by atoms with Crippen LogP contribution in [0, 0.1) is 0 Å². The summed E-state index contributed by atoms with van der Waals surface area (Å²) >= 11 is 0. The van der Waals surface area contributed by atoms with Crippen LogP contribution >= 0.6 is 0 Å². The minimum atomic E-state index is -0.108. The van der Waals surface area contributed by atoms with Crippen molar-refractivity contribution in [2.45, 2.75) is 6.92 Å². The molecule has 5 nitrogen and oxygen atoms in total. The van der Waals surface area contributed by atoms with E-state index in [9.17, 15) is 4.79 Å². The number of carbonyl (C=O) groups excluding carboxylic acids is 1. The molecule has 0 heterocycles. The maximum Gasteiger partial charge on any atom is 0.253 e. The molecule has 1 aromatic rings. The van der Waals surface area contributed by atoms with Crippen LogP contribution in [0.25, 0.3) is 0 Å². The molecule has 0 atom stereocenters. The van der Waals surface area contributed by atoms with Gasteiger partial charge in [0.25, 0.3) is 5.91 Å². The zero-order valence-corrected chi connectivity index (χ0v) is 10.4. The number of likely N-dealkylation sites (N-methyl/N-ethyl adjacent to an activating group) is 1. The summed E-state index contributed by atoms with van der Waals surface area (Å²) in [5.41, 5.74) is 3.71. The minimum absolute atomic E-state index is 0.108. The SMILES string of the molecule is CCN(C)CCNC(=O)c1ccccc1NN. The molecule has 4 N–H and O–H groups in total. The van der Waals surface area contributed by atoms with Gasteiger partial charge in [-0.2, -0.15) is 0 Å². The van der Waals surface area contributed by atoms with E-state index in [1.54, 1.807) is 12.1 Å². The number of hydrazine groups is 1. The van der Waals surface area contributed by atoms with Gasteiger partial charge in [-0.1, -0.05) is 19.1 Å². The molecule has 0 spiro atoms. The molecule has 0 saturated carbocycles. The molecule has 0 aliphatic heterocycles. The van der Waals surface area contributed by atoms with Crippen LogP contribution < -0.4 is 16.6 Å². The fourth-order valence-electron chi connectivity index (χ4n) is 1.42. The Morgan fingerprint density at radius 3 is 2.76 bits per heavy atom. The molecule has 0 unspecified atom stereocenters. The van der Waals surface area contributed by atoms with Crippen molar-refractivity contribution < 1.29 is 4.79 Å². The van der Waals surface area contributed by atoms with Gasteiger partial charge in [0.15, 0.2) is 0 Å². The number of hydrogen-bond acceptors (Lipinski definition) is 4. The summed E-state index contributed by atoms with van der Waals surface area (Å²) < 4.78 is 0. The number of para-hydroxylation sites is 1. The van der Waals surface area contributed by atoms with Crippen molar-refractivity contribution in [3.63, 3.8) is 0 Å². The Kier molecular flexibility index (Phi) is 5.45. The Balaban J connectivity index is 2.52.